The number of ether oxygens (including phenoxy) is 3. The summed E-state index contributed by atoms with van der Waals surface area (Å²) >= 11 is 0. The van der Waals surface area contributed by atoms with Crippen molar-refractivity contribution in [2.45, 2.75) is 64.7 Å². The highest BCUT2D eigenvalue weighted by Crippen LogP contribution is 2.42. The summed E-state index contributed by atoms with van der Waals surface area (Å²) in [4.78, 5) is 13.5. The molecule has 6 nitrogen and oxygen atoms in total. The second-order valence-corrected chi connectivity index (χ2v) is 8.07. The van der Waals surface area contributed by atoms with Gasteiger partial charge in [-0.2, -0.15) is 0 Å². The van der Waals surface area contributed by atoms with Crippen molar-refractivity contribution in [3.8, 4) is 11.5 Å². The topological polar surface area (TPSA) is 68.2 Å². The number of methoxy groups -OCH3 is 1. The third-order valence-electron chi connectivity index (χ3n) is 5.43. The number of unbranched alkanes of at least 4 members (excludes halogenated alkanes) is 2. The van der Waals surface area contributed by atoms with Crippen LogP contribution in [0, 0.1) is 0 Å². The van der Waals surface area contributed by atoms with Crippen LogP contribution in [0.3, 0.4) is 0 Å². The second-order valence-electron chi connectivity index (χ2n) is 8.07. The Bertz CT molecular complexity index is 716. The van der Waals surface area contributed by atoms with Gasteiger partial charge < -0.3 is 19.3 Å². The SMILES string of the molecule is CCCCCc1cc(O)c(C2C=C(C)CCC2)c(OCN(C)C(=O)OCCOC)c1. The predicted molar refractivity (Wildman–Crippen MR) is 118 cm³/mol. The molecule has 30 heavy (non-hydrogen) atoms. The summed E-state index contributed by atoms with van der Waals surface area (Å²) in [6, 6.07) is 3.89. The first-order chi connectivity index (χ1) is 14.5. The van der Waals surface area contributed by atoms with Gasteiger partial charge in [-0.3, -0.25) is 4.90 Å². The molecule has 0 bridgehead atoms. The van der Waals surface area contributed by atoms with Gasteiger partial charge >= 0.3 is 6.09 Å². The van der Waals surface area contributed by atoms with Crippen molar-refractivity contribution < 1.29 is 24.1 Å². The number of hydrogen-bond acceptors (Lipinski definition) is 5. The molecule has 1 aromatic rings. The van der Waals surface area contributed by atoms with Gasteiger partial charge in [0.05, 0.1) is 6.61 Å². The Morgan fingerprint density at radius 2 is 2.07 bits per heavy atom. The summed E-state index contributed by atoms with van der Waals surface area (Å²) in [5.74, 6) is 1.05. The molecule has 168 valence electrons. The molecule has 6 heteroatoms. The van der Waals surface area contributed by atoms with E-state index in [-0.39, 0.29) is 25.0 Å². The Balaban J connectivity index is 2.18. The van der Waals surface area contributed by atoms with Crippen molar-refractivity contribution in [1.82, 2.24) is 4.90 Å². The van der Waals surface area contributed by atoms with E-state index in [9.17, 15) is 9.90 Å². The van der Waals surface area contributed by atoms with Crippen molar-refractivity contribution in [2.75, 3.05) is 34.1 Å². The Morgan fingerprint density at radius 3 is 2.77 bits per heavy atom. The first kappa shape index (κ1) is 24.1. The Kier molecular flexibility index (Phi) is 10.0. The molecule has 0 heterocycles. The fourth-order valence-electron chi connectivity index (χ4n) is 3.76. The fourth-order valence-corrected chi connectivity index (χ4v) is 3.76. The molecule has 0 aliphatic heterocycles. The molecule has 1 aliphatic rings. The van der Waals surface area contributed by atoms with E-state index in [0.717, 1.165) is 56.1 Å². The van der Waals surface area contributed by atoms with Gasteiger partial charge in [-0.05, 0) is 56.7 Å². The number of phenolic OH excluding ortho intramolecular Hbond substituents is 1. The van der Waals surface area contributed by atoms with E-state index in [4.69, 9.17) is 14.2 Å². The molecule has 0 spiro atoms. The number of phenols is 1. The Hall–Kier alpha value is -2.21. The lowest BCUT2D eigenvalue weighted by molar-refractivity contribution is 0.0595. The van der Waals surface area contributed by atoms with E-state index in [1.807, 2.05) is 12.1 Å². The van der Waals surface area contributed by atoms with E-state index >= 15 is 0 Å². The molecule has 1 amide bonds. The van der Waals surface area contributed by atoms with Crippen molar-refractivity contribution in [2.24, 2.45) is 0 Å². The van der Waals surface area contributed by atoms with Crippen LogP contribution in [0.15, 0.2) is 23.8 Å². The van der Waals surface area contributed by atoms with Crippen molar-refractivity contribution in [3.05, 3.63) is 34.9 Å². The number of aryl methyl sites for hydroxylation is 1. The van der Waals surface area contributed by atoms with Crippen LogP contribution in [0.4, 0.5) is 4.79 Å². The molecule has 0 saturated heterocycles. The lowest BCUT2D eigenvalue weighted by Crippen LogP contribution is -2.32. The average molecular weight is 420 g/mol. The number of hydrogen-bond donors (Lipinski definition) is 1. The van der Waals surface area contributed by atoms with Crippen LogP contribution in [0.1, 0.15) is 69.4 Å². The predicted octanol–water partition coefficient (Wildman–Crippen LogP) is 5.39. The zero-order valence-electron chi connectivity index (χ0n) is 18.9. The maximum Gasteiger partial charge on any atom is 0.412 e. The zero-order valence-corrected chi connectivity index (χ0v) is 18.9. The van der Waals surface area contributed by atoms with Crippen molar-refractivity contribution >= 4 is 6.09 Å². The number of carbonyl (C=O) groups excluding carboxylic acids is 1. The summed E-state index contributed by atoms with van der Waals surface area (Å²) in [5, 5.41) is 10.9. The lowest BCUT2D eigenvalue weighted by atomic mass is 9.84. The van der Waals surface area contributed by atoms with E-state index in [2.05, 4.69) is 19.9 Å². The van der Waals surface area contributed by atoms with Crippen LogP contribution >= 0.6 is 0 Å². The third kappa shape index (κ3) is 7.24. The molecule has 2 rings (SSSR count). The molecule has 1 atom stereocenters. The number of nitrogens with zero attached hydrogens (tertiary/aromatic N) is 1. The van der Waals surface area contributed by atoms with Crippen LogP contribution in [0.5, 0.6) is 11.5 Å². The number of amides is 1. The molecule has 0 saturated carbocycles. The highest BCUT2D eigenvalue weighted by molar-refractivity contribution is 5.67. The number of carbonyl (C=O) groups is 1. The van der Waals surface area contributed by atoms with Gasteiger partial charge in [0.15, 0.2) is 6.73 Å². The molecular formula is C24H37NO5. The first-order valence-electron chi connectivity index (χ1n) is 11.0. The van der Waals surface area contributed by atoms with Gasteiger partial charge in [0, 0.05) is 25.6 Å². The van der Waals surface area contributed by atoms with Crippen LogP contribution < -0.4 is 4.74 Å². The number of benzene rings is 1. The molecule has 0 fully saturated rings. The largest absolute Gasteiger partial charge is 0.507 e. The van der Waals surface area contributed by atoms with E-state index in [1.165, 1.54) is 10.5 Å². The van der Waals surface area contributed by atoms with E-state index < -0.39 is 6.09 Å². The maximum atomic E-state index is 12.1. The van der Waals surface area contributed by atoms with Crippen molar-refractivity contribution in [3.63, 3.8) is 0 Å². The fraction of sp³-hybridized carbons (Fsp3) is 0.625. The van der Waals surface area contributed by atoms with Crippen LogP contribution in [-0.4, -0.2) is 50.2 Å². The molecule has 1 unspecified atom stereocenters. The smallest absolute Gasteiger partial charge is 0.412 e. The Morgan fingerprint density at radius 1 is 1.27 bits per heavy atom. The minimum absolute atomic E-state index is 0.0477. The Labute approximate surface area is 180 Å². The van der Waals surface area contributed by atoms with Crippen LogP contribution in [0.25, 0.3) is 0 Å². The summed E-state index contributed by atoms with van der Waals surface area (Å²) < 4.78 is 16.1. The molecule has 1 aromatic carbocycles. The maximum absolute atomic E-state index is 12.1. The first-order valence-corrected chi connectivity index (χ1v) is 11.0. The molecule has 1 aliphatic carbocycles. The summed E-state index contributed by atoms with van der Waals surface area (Å²) in [6.45, 7) is 4.91. The molecule has 0 radical (unpaired) electrons. The highest BCUT2D eigenvalue weighted by atomic mass is 16.6. The zero-order chi connectivity index (χ0) is 21.9. The van der Waals surface area contributed by atoms with Gasteiger partial charge in [0.2, 0.25) is 0 Å². The van der Waals surface area contributed by atoms with E-state index in [1.54, 1.807) is 14.2 Å². The lowest BCUT2D eigenvalue weighted by Gasteiger charge is -2.25. The summed E-state index contributed by atoms with van der Waals surface area (Å²) in [5.41, 5.74) is 3.21. The van der Waals surface area contributed by atoms with Gasteiger partial charge in [-0.1, -0.05) is 31.4 Å². The minimum atomic E-state index is -0.467. The summed E-state index contributed by atoms with van der Waals surface area (Å²) in [6.07, 6.45) is 9.19. The number of rotatable bonds is 11. The van der Waals surface area contributed by atoms with Gasteiger partial charge in [-0.15, -0.1) is 0 Å². The number of allylic oxidation sites excluding steroid dienone is 2. The van der Waals surface area contributed by atoms with Gasteiger partial charge in [0.1, 0.15) is 18.1 Å². The van der Waals surface area contributed by atoms with Gasteiger partial charge in [0.25, 0.3) is 0 Å². The van der Waals surface area contributed by atoms with E-state index in [0.29, 0.717) is 12.4 Å². The second kappa shape index (κ2) is 12.5. The molecular weight excluding hydrogens is 382 g/mol. The summed E-state index contributed by atoms with van der Waals surface area (Å²) in [7, 11) is 3.19. The third-order valence-corrected chi connectivity index (χ3v) is 5.43. The minimum Gasteiger partial charge on any atom is -0.507 e. The average Bonchev–Trinajstić information content (AvgIpc) is 2.72. The highest BCUT2D eigenvalue weighted by Gasteiger charge is 2.23. The normalized spacial score (nSPS) is 16.1. The van der Waals surface area contributed by atoms with Crippen LogP contribution in [-0.2, 0) is 15.9 Å². The molecule has 0 aromatic heterocycles. The van der Waals surface area contributed by atoms with Gasteiger partial charge in [-0.25, -0.2) is 4.79 Å². The van der Waals surface area contributed by atoms with Crippen molar-refractivity contribution in [1.29, 1.82) is 0 Å². The monoisotopic (exact) mass is 419 g/mol. The molecule has 1 N–H and O–H groups in total. The number of aromatic hydroxyl groups is 1. The van der Waals surface area contributed by atoms with Crippen LogP contribution in [0.2, 0.25) is 0 Å². The quantitative estimate of drug-likeness (QED) is 0.296. The standard InChI is InChI=1S/C24H37NO5/c1-5-6-7-10-19-15-21(26)23(20-11-8-9-18(2)14-20)22(16-19)30-17-25(3)24(27)29-13-12-28-4/h14-16,20,26H,5-13,17H2,1-4H3.